The van der Waals surface area contributed by atoms with Gasteiger partial charge in [0.05, 0.1) is 22.4 Å². The fraction of sp³-hybridized carbons (Fsp3) is 0.125. The van der Waals surface area contributed by atoms with Crippen LogP contribution in [0.25, 0.3) is 0 Å². The van der Waals surface area contributed by atoms with Crippen LogP contribution in [0, 0.1) is 13.8 Å². The number of carbonyl (C=O) groups excluding carboxylic acids is 1. The van der Waals surface area contributed by atoms with E-state index in [4.69, 9.17) is 5.11 Å². The first kappa shape index (κ1) is 23.7. The number of hydrogen-bond acceptors (Lipinski definition) is 5. The van der Waals surface area contributed by atoms with Gasteiger partial charge in [-0.3, -0.25) is 9.10 Å². The van der Waals surface area contributed by atoms with Gasteiger partial charge in [-0.05, 0) is 60.9 Å². The van der Waals surface area contributed by atoms with E-state index in [1.54, 1.807) is 49.4 Å². The number of anilines is 1. The molecule has 0 unspecified atom stereocenters. The van der Waals surface area contributed by atoms with Crippen LogP contribution in [0.2, 0.25) is 0 Å². The Morgan fingerprint density at radius 3 is 2.27 bits per heavy atom. The van der Waals surface area contributed by atoms with Crippen molar-refractivity contribution in [2.24, 2.45) is 5.10 Å². The maximum Gasteiger partial charge on any atom is 0.335 e. The van der Waals surface area contributed by atoms with Crippen molar-refractivity contribution in [1.29, 1.82) is 0 Å². The lowest BCUT2D eigenvalue weighted by Gasteiger charge is -2.26. The first-order valence-corrected chi connectivity index (χ1v) is 11.4. The van der Waals surface area contributed by atoms with E-state index in [2.05, 4.69) is 10.5 Å². The number of benzene rings is 3. The summed E-state index contributed by atoms with van der Waals surface area (Å²) in [6.45, 7) is 3.19. The highest BCUT2D eigenvalue weighted by molar-refractivity contribution is 7.92. The van der Waals surface area contributed by atoms with E-state index in [9.17, 15) is 18.0 Å². The zero-order valence-corrected chi connectivity index (χ0v) is 18.9. The highest BCUT2D eigenvalue weighted by atomic mass is 32.2. The Bertz CT molecular complexity index is 1290. The molecule has 0 radical (unpaired) electrons. The molecule has 3 rings (SSSR count). The van der Waals surface area contributed by atoms with Crippen LogP contribution in [0.4, 0.5) is 5.69 Å². The van der Waals surface area contributed by atoms with Crippen molar-refractivity contribution >= 4 is 33.8 Å². The average molecular weight is 466 g/mol. The third-order valence-corrected chi connectivity index (χ3v) is 6.80. The minimum absolute atomic E-state index is 0.0701. The predicted octanol–water partition coefficient (Wildman–Crippen LogP) is 3.35. The Morgan fingerprint density at radius 1 is 0.970 bits per heavy atom. The molecule has 170 valence electrons. The number of hydrogen-bond donors (Lipinski definition) is 2. The predicted molar refractivity (Wildman–Crippen MR) is 126 cm³/mol. The van der Waals surface area contributed by atoms with E-state index in [1.165, 1.54) is 30.5 Å². The first-order valence-electron chi connectivity index (χ1n) is 9.99. The van der Waals surface area contributed by atoms with Crippen molar-refractivity contribution in [3.8, 4) is 0 Å². The van der Waals surface area contributed by atoms with Gasteiger partial charge in [-0.25, -0.2) is 18.6 Å². The lowest BCUT2D eigenvalue weighted by molar-refractivity contribution is -0.119. The van der Waals surface area contributed by atoms with E-state index in [0.717, 1.165) is 15.4 Å². The smallest absolute Gasteiger partial charge is 0.335 e. The number of hydrazone groups is 1. The molecule has 0 heterocycles. The molecule has 0 aliphatic rings. The molecule has 1 amide bonds. The second-order valence-corrected chi connectivity index (χ2v) is 9.13. The van der Waals surface area contributed by atoms with Crippen LogP contribution in [-0.2, 0) is 14.8 Å². The number of carbonyl (C=O) groups is 2. The van der Waals surface area contributed by atoms with Crippen molar-refractivity contribution in [3.63, 3.8) is 0 Å². The second-order valence-electron chi connectivity index (χ2n) is 7.26. The molecule has 0 aliphatic carbocycles. The van der Waals surface area contributed by atoms with Gasteiger partial charge < -0.3 is 5.11 Å². The maximum absolute atomic E-state index is 13.4. The van der Waals surface area contributed by atoms with Gasteiger partial charge in [-0.2, -0.15) is 5.10 Å². The fourth-order valence-electron chi connectivity index (χ4n) is 3.08. The number of aromatic carboxylic acids is 1. The molecule has 0 aliphatic heterocycles. The molecule has 0 bridgehead atoms. The largest absolute Gasteiger partial charge is 0.478 e. The van der Waals surface area contributed by atoms with Crippen molar-refractivity contribution in [2.45, 2.75) is 18.7 Å². The quantitative estimate of drug-likeness (QED) is 0.391. The van der Waals surface area contributed by atoms with Crippen LogP contribution in [0.1, 0.15) is 27.0 Å². The molecular formula is C24H23N3O5S. The van der Waals surface area contributed by atoms with E-state index in [0.29, 0.717) is 11.3 Å². The summed E-state index contributed by atoms with van der Waals surface area (Å²) >= 11 is 0. The van der Waals surface area contributed by atoms with E-state index in [-0.39, 0.29) is 10.5 Å². The van der Waals surface area contributed by atoms with Gasteiger partial charge in [-0.15, -0.1) is 0 Å². The molecule has 8 nitrogen and oxygen atoms in total. The van der Waals surface area contributed by atoms with E-state index < -0.39 is 28.4 Å². The summed E-state index contributed by atoms with van der Waals surface area (Å²) < 4.78 is 27.8. The molecule has 0 saturated carbocycles. The summed E-state index contributed by atoms with van der Waals surface area (Å²) in [4.78, 5) is 23.6. The monoisotopic (exact) mass is 465 g/mol. The lowest BCUT2D eigenvalue weighted by atomic mass is 10.1. The number of sulfonamides is 1. The SMILES string of the molecule is Cc1cccc(N(CC(=O)N/N=C\c2ccc(C(=O)O)cc2)S(=O)(=O)c2ccccc2)c1C. The topological polar surface area (TPSA) is 116 Å². The number of amides is 1. The minimum Gasteiger partial charge on any atom is -0.478 e. The normalized spacial score (nSPS) is 11.3. The number of aryl methyl sites for hydroxylation is 1. The van der Waals surface area contributed by atoms with Gasteiger partial charge in [0.25, 0.3) is 15.9 Å². The standard InChI is InChI=1S/C24H23N3O5S/c1-17-7-6-10-22(18(17)2)27(33(31,32)21-8-4-3-5-9-21)16-23(28)26-25-15-19-11-13-20(14-12-19)24(29)30/h3-15H,16H2,1-2H3,(H,26,28)(H,29,30)/b25-15-. The van der Waals surface area contributed by atoms with Crippen LogP contribution in [0.3, 0.4) is 0 Å². The minimum atomic E-state index is -4.01. The summed E-state index contributed by atoms with van der Waals surface area (Å²) in [5.74, 6) is -1.67. The van der Waals surface area contributed by atoms with Gasteiger partial charge in [-0.1, -0.05) is 42.5 Å². The van der Waals surface area contributed by atoms with Crippen molar-refractivity contribution in [1.82, 2.24) is 5.43 Å². The van der Waals surface area contributed by atoms with Gasteiger partial charge in [0.2, 0.25) is 0 Å². The first-order chi connectivity index (χ1) is 15.7. The second kappa shape index (κ2) is 10.1. The fourth-order valence-corrected chi connectivity index (χ4v) is 4.58. The summed E-state index contributed by atoms with van der Waals surface area (Å²) in [6, 6.07) is 19.1. The summed E-state index contributed by atoms with van der Waals surface area (Å²) in [5.41, 5.74) is 5.08. The summed E-state index contributed by atoms with van der Waals surface area (Å²) in [7, 11) is -4.01. The zero-order chi connectivity index (χ0) is 24.0. The number of rotatable bonds is 8. The molecule has 2 N–H and O–H groups in total. The Kier molecular flexibility index (Phi) is 7.24. The third kappa shape index (κ3) is 5.64. The van der Waals surface area contributed by atoms with Crippen molar-refractivity contribution in [3.05, 3.63) is 95.1 Å². The maximum atomic E-state index is 13.4. The van der Waals surface area contributed by atoms with Crippen LogP contribution < -0.4 is 9.73 Å². The molecule has 3 aromatic rings. The molecule has 0 spiro atoms. The molecular weight excluding hydrogens is 442 g/mol. The molecule has 9 heteroatoms. The number of nitrogens with zero attached hydrogens (tertiary/aromatic N) is 2. The van der Waals surface area contributed by atoms with E-state index >= 15 is 0 Å². The Balaban J connectivity index is 1.83. The summed E-state index contributed by atoms with van der Waals surface area (Å²) in [6.07, 6.45) is 1.34. The molecule has 3 aromatic carbocycles. The highest BCUT2D eigenvalue weighted by Gasteiger charge is 2.28. The van der Waals surface area contributed by atoms with Crippen molar-refractivity contribution < 1.29 is 23.1 Å². The van der Waals surface area contributed by atoms with Crippen molar-refractivity contribution in [2.75, 3.05) is 10.8 Å². The Hall–Kier alpha value is -3.98. The van der Waals surface area contributed by atoms with Crippen LogP contribution >= 0.6 is 0 Å². The summed E-state index contributed by atoms with van der Waals surface area (Å²) in [5, 5.41) is 12.8. The number of nitrogens with one attached hydrogen (secondary N) is 1. The van der Waals surface area contributed by atoms with Gasteiger partial charge >= 0.3 is 5.97 Å². The molecule has 0 aromatic heterocycles. The molecule has 33 heavy (non-hydrogen) atoms. The number of carboxylic acid groups (broad SMARTS) is 1. The van der Waals surface area contributed by atoms with Crippen LogP contribution in [0.5, 0.6) is 0 Å². The van der Waals surface area contributed by atoms with Crippen LogP contribution in [0.15, 0.2) is 82.8 Å². The Morgan fingerprint density at radius 2 is 1.64 bits per heavy atom. The van der Waals surface area contributed by atoms with Gasteiger partial charge in [0.1, 0.15) is 6.54 Å². The highest BCUT2D eigenvalue weighted by Crippen LogP contribution is 2.28. The molecule has 0 fully saturated rings. The van der Waals surface area contributed by atoms with Gasteiger partial charge in [0, 0.05) is 0 Å². The number of carboxylic acids is 1. The lowest BCUT2D eigenvalue weighted by Crippen LogP contribution is -2.40. The Labute approximate surface area is 192 Å². The average Bonchev–Trinajstić information content (AvgIpc) is 2.80. The van der Waals surface area contributed by atoms with E-state index in [1.807, 2.05) is 13.0 Å². The zero-order valence-electron chi connectivity index (χ0n) is 18.1. The molecule has 0 saturated heterocycles. The molecule has 0 atom stereocenters. The third-order valence-electron chi connectivity index (χ3n) is 5.02. The van der Waals surface area contributed by atoms with Crippen LogP contribution in [-0.4, -0.2) is 38.2 Å². The van der Waals surface area contributed by atoms with Gasteiger partial charge in [0.15, 0.2) is 0 Å².